The largest absolute Gasteiger partial charge is 0.328 e. The lowest BCUT2D eigenvalue weighted by Crippen LogP contribution is -2.17. The fraction of sp³-hybridized carbons (Fsp3) is 0.500. The summed E-state index contributed by atoms with van der Waals surface area (Å²) in [6, 6.07) is 5.61. The highest BCUT2D eigenvalue weighted by Crippen LogP contribution is 2.21. The molecular weight excluding hydrogens is 266 g/mol. The van der Waals surface area contributed by atoms with Crippen LogP contribution in [0.2, 0.25) is 0 Å². The van der Waals surface area contributed by atoms with Crippen molar-refractivity contribution in [2.24, 2.45) is 5.73 Å². The normalized spacial score (nSPS) is 11.8. The highest BCUT2D eigenvalue weighted by molar-refractivity contribution is 5.94. The molecule has 0 aliphatic carbocycles. The maximum absolute atomic E-state index is 11.9. The van der Waals surface area contributed by atoms with Gasteiger partial charge in [-0.15, -0.1) is 0 Å². The Bertz CT molecular complexity index is 498. The van der Waals surface area contributed by atoms with Crippen molar-refractivity contribution in [2.45, 2.75) is 52.5 Å². The standard InChI is InChI=1S/C16H25N3O2/c1-4-15(20)18-13-9-8-11(2)14(10-13)19-16(21)7-5-6-12(3)17/h8-10,12H,4-7,17H2,1-3H3,(H,18,20)(H,19,21). The van der Waals surface area contributed by atoms with Crippen LogP contribution in [0, 0.1) is 6.92 Å². The topological polar surface area (TPSA) is 84.2 Å². The summed E-state index contributed by atoms with van der Waals surface area (Å²) in [5.74, 6) is -0.0780. The third-order valence-electron chi connectivity index (χ3n) is 3.18. The molecule has 5 heteroatoms. The number of carbonyl (C=O) groups is 2. The minimum absolute atomic E-state index is 0.0299. The molecular formula is C16H25N3O2. The van der Waals surface area contributed by atoms with Gasteiger partial charge in [-0.1, -0.05) is 13.0 Å². The number of hydrogen-bond donors (Lipinski definition) is 3. The summed E-state index contributed by atoms with van der Waals surface area (Å²) < 4.78 is 0. The van der Waals surface area contributed by atoms with E-state index >= 15 is 0 Å². The van der Waals surface area contributed by atoms with E-state index in [9.17, 15) is 9.59 Å². The van der Waals surface area contributed by atoms with Crippen LogP contribution in [-0.2, 0) is 9.59 Å². The molecule has 0 aliphatic rings. The molecule has 0 aromatic heterocycles. The number of nitrogens with one attached hydrogen (secondary N) is 2. The quantitative estimate of drug-likeness (QED) is 0.722. The second-order valence-electron chi connectivity index (χ2n) is 5.35. The van der Waals surface area contributed by atoms with Gasteiger partial charge in [0.05, 0.1) is 0 Å². The molecule has 1 aromatic rings. The smallest absolute Gasteiger partial charge is 0.224 e. The minimum atomic E-state index is -0.0481. The second-order valence-corrected chi connectivity index (χ2v) is 5.35. The number of amides is 2. The predicted molar refractivity (Wildman–Crippen MR) is 86.2 cm³/mol. The van der Waals surface area contributed by atoms with Crippen LogP contribution in [-0.4, -0.2) is 17.9 Å². The zero-order valence-corrected chi connectivity index (χ0v) is 13.0. The fourth-order valence-electron chi connectivity index (χ4n) is 1.88. The average molecular weight is 291 g/mol. The first-order valence-electron chi connectivity index (χ1n) is 7.38. The van der Waals surface area contributed by atoms with Crippen molar-refractivity contribution in [3.05, 3.63) is 23.8 Å². The van der Waals surface area contributed by atoms with E-state index in [1.165, 1.54) is 0 Å². The Balaban J connectivity index is 2.62. The van der Waals surface area contributed by atoms with Crippen molar-refractivity contribution in [2.75, 3.05) is 10.6 Å². The first kappa shape index (κ1) is 17.2. The van der Waals surface area contributed by atoms with E-state index in [0.29, 0.717) is 18.5 Å². The molecule has 5 nitrogen and oxygen atoms in total. The van der Waals surface area contributed by atoms with Crippen molar-refractivity contribution in [1.82, 2.24) is 0 Å². The van der Waals surface area contributed by atoms with Crippen LogP contribution < -0.4 is 16.4 Å². The zero-order chi connectivity index (χ0) is 15.8. The van der Waals surface area contributed by atoms with Crippen LogP contribution in [0.5, 0.6) is 0 Å². The third kappa shape index (κ3) is 6.40. The van der Waals surface area contributed by atoms with E-state index in [2.05, 4.69) is 10.6 Å². The molecule has 21 heavy (non-hydrogen) atoms. The molecule has 2 amide bonds. The molecule has 1 rings (SSSR count). The van der Waals surface area contributed by atoms with E-state index in [-0.39, 0.29) is 17.9 Å². The molecule has 0 fully saturated rings. The molecule has 0 saturated heterocycles. The molecule has 0 spiro atoms. The molecule has 0 saturated carbocycles. The van der Waals surface area contributed by atoms with Crippen LogP contribution >= 0.6 is 0 Å². The van der Waals surface area contributed by atoms with Crippen LogP contribution in [0.1, 0.15) is 45.1 Å². The SMILES string of the molecule is CCC(=O)Nc1ccc(C)c(NC(=O)CCCC(C)N)c1. The average Bonchev–Trinajstić information content (AvgIpc) is 2.42. The van der Waals surface area contributed by atoms with Gasteiger partial charge in [-0.25, -0.2) is 0 Å². The molecule has 0 bridgehead atoms. The molecule has 116 valence electrons. The Morgan fingerprint density at radius 3 is 2.57 bits per heavy atom. The number of rotatable bonds is 7. The van der Waals surface area contributed by atoms with Gasteiger partial charge in [0.15, 0.2) is 0 Å². The van der Waals surface area contributed by atoms with Crippen LogP contribution in [0.15, 0.2) is 18.2 Å². The molecule has 4 N–H and O–H groups in total. The van der Waals surface area contributed by atoms with Gasteiger partial charge in [-0.2, -0.15) is 0 Å². The summed E-state index contributed by atoms with van der Waals surface area (Å²) in [4.78, 5) is 23.3. The van der Waals surface area contributed by atoms with Crippen molar-refractivity contribution in [1.29, 1.82) is 0 Å². The van der Waals surface area contributed by atoms with Crippen LogP contribution in [0.4, 0.5) is 11.4 Å². The predicted octanol–water partition coefficient (Wildman–Crippen LogP) is 2.80. The Hall–Kier alpha value is -1.88. The number of aryl methyl sites for hydroxylation is 1. The highest BCUT2D eigenvalue weighted by atomic mass is 16.2. The highest BCUT2D eigenvalue weighted by Gasteiger charge is 2.07. The molecule has 0 heterocycles. The van der Waals surface area contributed by atoms with E-state index in [1.54, 1.807) is 13.0 Å². The number of anilines is 2. The van der Waals surface area contributed by atoms with Crippen LogP contribution in [0.25, 0.3) is 0 Å². The Kier molecular flexibility index (Phi) is 6.88. The number of carbonyl (C=O) groups excluding carboxylic acids is 2. The first-order valence-corrected chi connectivity index (χ1v) is 7.38. The Morgan fingerprint density at radius 2 is 1.95 bits per heavy atom. The van der Waals surface area contributed by atoms with Gasteiger partial charge in [-0.3, -0.25) is 9.59 Å². The van der Waals surface area contributed by atoms with Gasteiger partial charge in [-0.05, 0) is 44.4 Å². The Morgan fingerprint density at radius 1 is 1.24 bits per heavy atom. The maximum atomic E-state index is 11.9. The van der Waals surface area contributed by atoms with E-state index in [1.807, 2.05) is 26.0 Å². The summed E-state index contributed by atoms with van der Waals surface area (Å²) in [6.45, 7) is 5.65. The summed E-state index contributed by atoms with van der Waals surface area (Å²) in [6.07, 6.45) is 2.48. The first-order chi connectivity index (χ1) is 9.92. The lowest BCUT2D eigenvalue weighted by Gasteiger charge is -2.11. The summed E-state index contributed by atoms with van der Waals surface area (Å²) >= 11 is 0. The molecule has 0 aliphatic heterocycles. The van der Waals surface area contributed by atoms with Gasteiger partial charge < -0.3 is 16.4 Å². The summed E-state index contributed by atoms with van der Waals surface area (Å²) in [5.41, 5.74) is 8.05. The van der Waals surface area contributed by atoms with E-state index in [4.69, 9.17) is 5.73 Å². The van der Waals surface area contributed by atoms with E-state index in [0.717, 1.165) is 24.1 Å². The number of benzene rings is 1. The Labute approximate surface area is 126 Å². The van der Waals surface area contributed by atoms with Crippen molar-refractivity contribution in [3.8, 4) is 0 Å². The van der Waals surface area contributed by atoms with Gasteiger partial charge in [0.25, 0.3) is 0 Å². The van der Waals surface area contributed by atoms with Crippen molar-refractivity contribution < 1.29 is 9.59 Å². The molecule has 0 radical (unpaired) electrons. The van der Waals surface area contributed by atoms with Crippen molar-refractivity contribution in [3.63, 3.8) is 0 Å². The molecule has 1 unspecified atom stereocenters. The lowest BCUT2D eigenvalue weighted by molar-refractivity contribution is -0.116. The zero-order valence-electron chi connectivity index (χ0n) is 13.0. The van der Waals surface area contributed by atoms with Gasteiger partial charge in [0.1, 0.15) is 0 Å². The maximum Gasteiger partial charge on any atom is 0.224 e. The minimum Gasteiger partial charge on any atom is -0.328 e. The van der Waals surface area contributed by atoms with Crippen molar-refractivity contribution >= 4 is 23.2 Å². The van der Waals surface area contributed by atoms with Gasteiger partial charge in [0, 0.05) is 30.3 Å². The van der Waals surface area contributed by atoms with E-state index < -0.39 is 0 Å². The monoisotopic (exact) mass is 291 g/mol. The summed E-state index contributed by atoms with van der Waals surface area (Å²) in [7, 11) is 0. The van der Waals surface area contributed by atoms with Crippen LogP contribution in [0.3, 0.4) is 0 Å². The molecule has 1 atom stereocenters. The van der Waals surface area contributed by atoms with Gasteiger partial charge >= 0.3 is 0 Å². The number of hydrogen-bond acceptors (Lipinski definition) is 3. The summed E-state index contributed by atoms with van der Waals surface area (Å²) in [5, 5.41) is 5.67. The van der Waals surface area contributed by atoms with Gasteiger partial charge in [0.2, 0.25) is 11.8 Å². The lowest BCUT2D eigenvalue weighted by atomic mass is 10.1. The fourth-order valence-corrected chi connectivity index (χ4v) is 1.88. The second kappa shape index (κ2) is 8.42. The number of nitrogens with two attached hydrogens (primary N) is 1. The third-order valence-corrected chi connectivity index (χ3v) is 3.18. The molecule has 1 aromatic carbocycles.